The molecule has 0 N–H and O–H groups in total. The Balaban J connectivity index is 0.00000243. The molecule has 26 heavy (non-hydrogen) atoms. The highest BCUT2D eigenvalue weighted by Crippen LogP contribution is 2.36. The summed E-state index contributed by atoms with van der Waals surface area (Å²) in [7, 11) is 0. The number of rotatable bonds is 7. The van der Waals surface area contributed by atoms with Gasteiger partial charge in [-0.15, -0.1) is 12.4 Å². The molecule has 1 aliphatic heterocycles. The van der Waals surface area contributed by atoms with Crippen LogP contribution < -0.4 is 5.01 Å². The first-order valence-corrected chi connectivity index (χ1v) is 9.31. The summed E-state index contributed by atoms with van der Waals surface area (Å²) in [5.41, 5.74) is 3.65. The number of benzene rings is 1. The maximum Gasteiger partial charge on any atom is 0.129 e. The van der Waals surface area contributed by atoms with E-state index in [1.807, 2.05) is 13.0 Å². The largest absolute Gasteiger partial charge is 0.464 e. The minimum absolute atomic E-state index is 0. The normalized spacial score (nSPS) is 16.7. The standard InChI is InChI=1S/C21H29N3O.ClH/c1-5-23(6-2)14-13-18-15-20(21-12-9-17(4)25-21)24(22-18)19-10-7-16(3)8-11-19;/h7-12,20H,5-6,13-15H2,1-4H3;1H. The fourth-order valence-electron chi connectivity index (χ4n) is 3.34. The molecule has 142 valence electrons. The Kier molecular flexibility index (Phi) is 7.30. The van der Waals surface area contributed by atoms with Crippen molar-refractivity contribution in [1.82, 2.24) is 4.90 Å². The molecule has 1 atom stereocenters. The molecule has 1 aliphatic rings. The third-order valence-corrected chi connectivity index (χ3v) is 4.97. The van der Waals surface area contributed by atoms with Crippen LogP contribution in [0.25, 0.3) is 0 Å². The van der Waals surface area contributed by atoms with Gasteiger partial charge >= 0.3 is 0 Å². The van der Waals surface area contributed by atoms with Crippen LogP contribution in [0.3, 0.4) is 0 Å². The van der Waals surface area contributed by atoms with Gasteiger partial charge in [0, 0.05) is 25.1 Å². The Morgan fingerprint density at radius 3 is 2.35 bits per heavy atom. The van der Waals surface area contributed by atoms with Gasteiger partial charge in [0.15, 0.2) is 0 Å². The van der Waals surface area contributed by atoms with E-state index in [9.17, 15) is 0 Å². The van der Waals surface area contributed by atoms with Crippen LogP contribution in [0.4, 0.5) is 5.69 Å². The minimum Gasteiger partial charge on any atom is -0.464 e. The summed E-state index contributed by atoms with van der Waals surface area (Å²) < 4.78 is 5.93. The smallest absolute Gasteiger partial charge is 0.129 e. The lowest BCUT2D eigenvalue weighted by Crippen LogP contribution is -2.25. The zero-order chi connectivity index (χ0) is 17.8. The predicted octanol–water partition coefficient (Wildman–Crippen LogP) is 5.36. The molecular weight excluding hydrogens is 346 g/mol. The Bertz CT molecular complexity index is 719. The Labute approximate surface area is 163 Å². The molecule has 0 spiro atoms. The topological polar surface area (TPSA) is 32.0 Å². The first-order chi connectivity index (χ1) is 12.1. The third kappa shape index (κ3) is 4.68. The molecule has 0 saturated heterocycles. The average molecular weight is 376 g/mol. The fourth-order valence-corrected chi connectivity index (χ4v) is 3.34. The number of anilines is 1. The summed E-state index contributed by atoms with van der Waals surface area (Å²) in [6, 6.07) is 12.9. The summed E-state index contributed by atoms with van der Waals surface area (Å²) in [4.78, 5) is 2.45. The van der Waals surface area contributed by atoms with Gasteiger partial charge in [-0.3, -0.25) is 5.01 Å². The van der Waals surface area contributed by atoms with Crippen LogP contribution in [-0.4, -0.2) is 30.2 Å². The minimum atomic E-state index is 0. The fraction of sp³-hybridized carbons (Fsp3) is 0.476. The van der Waals surface area contributed by atoms with Crippen molar-refractivity contribution in [2.24, 2.45) is 5.10 Å². The van der Waals surface area contributed by atoms with Crippen molar-refractivity contribution in [2.45, 2.75) is 46.6 Å². The Morgan fingerprint density at radius 2 is 1.77 bits per heavy atom. The average Bonchev–Trinajstić information content (AvgIpc) is 3.23. The van der Waals surface area contributed by atoms with Crippen LogP contribution in [0.5, 0.6) is 0 Å². The van der Waals surface area contributed by atoms with Crippen molar-refractivity contribution in [3.05, 3.63) is 53.5 Å². The number of halogens is 1. The zero-order valence-electron chi connectivity index (χ0n) is 16.2. The number of hydrogen-bond donors (Lipinski definition) is 0. The van der Waals surface area contributed by atoms with Gasteiger partial charge < -0.3 is 9.32 Å². The van der Waals surface area contributed by atoms with Gasteiger partial charge in [-0.05, 0) is 51.2 Å². The first kappa shape index (κ1) is 20.5. The molecular formula is C21H30ClN3O. The van der Waals surface area contributed by atoms with Crippen LogP contribution in [0.1, 0.15) is 49.8 Å². The molecule has 0 saturated carbocycles. The molecule has 2 heterocycles. The number of aryl methyl sites for hydroxylation is 2. The molecule has 3 rings (SSSR count). The summed E-state index contributed by atoms with van der Waals surface area (Å²) in [5.74, 6) is 1.95. The number of furan rings is 1. The van der Waals surface area contributed by atoms with Crippen LogP contribution in [-0.2, 0) is 0 Å². The predicted molar refractivity (Wildman–Crippen MR) is 112 cm³/mol. The quantitative estimate of drug-likeness (QED) is 0.653. The molecule has 0 aliphatic carbocycles. The molecule has 1 aromatic carbocycles. The van der Waals surface area contributed by atoms with E-state index in [-0.39, 0.29) is 18.4 Å². The van der Waals surface area contributed by atoms with Crippen LogP contribution in [0.2, 0.25) is 0 Å². The van der Waals surface area contributed by atoms with Gasteiger partial charge in [-0.25, -0.2) is 0 Å². The van der Waals surface area contributed by atoms with E-state index >= 15 is 0 Å². The molecule has 0 bridgehead atoms. The number of hydrogen-bond acceptors (Lipinski definition) is 4. The van der Waals surface area contributed by atoms with E-state index in [1.54, 1.807) is 0 Å². The van der Waals surface area contributed by atoms with Crippen molar-refractivity contribution in [3.63, 3.8) is 0 Å². The first-order valence-electron chi connectivity index (χ1n) is 9.31. The highest BCUT2D eigenvalue weighted by atomic mass is 35.5. The van der Waals surface area contributed by atoms with Gasteiger partial charge in [0.25, 0.3) is 0 Å². The van der Waals surface area contributed by atoms with E-state index in [1.165, 1.54) is 11.3 Å². The van der Waals surface area contributed by atoms with Crippen molar-refractivity contribution in [2.75, 3.05) is 24.6 Å². The van der Waals surface area contributed by atoms with E-state index < -0.39 is 0 Å². The van der Waals surface area contributed by atoms with Gasteiger partial charge in [-0.2, -0.15) is 5.10 Å². The monoisotopic (exact) mass is 375 g/mol. The number of hydrazone groups is 1. The van der Waals surface area contributed by atoms with Gasteiger partial charge in [-0.1, -0.05) is 31.5 Å². The van der Waals surface area contributed by atoms with E-state index in [0.29, 0.717) is 0 Å². The lowest BCUT2D eigenvalue weighted by Gasteiger charge is -2.22. The Hall–Kier alpha value is -1.78. The van der Waals surface area contributed by atoms with Crippen molar-refractivity contribution >= 4 is 23.8 Å². The van der Waals surface area contributed by atoms with Crippen LogP contribution in [0, 0.1) is 13.8 Å². The zero-order valence-corrected chi connectivity index (χ0v) is 17.1. The second-order valence-electron chi connectivity index (χ2n) is 6.79. The summed E-state index contributed by atoms with van der Waals surface area (Å²) in [6.07, 6.45) is 1.95. The summed E-state index contributed by atoms with van der Waals surface area (Å²) >= 11 is 0. The van der Waals surface area contributed by atoms with E-state index in [4.69, 9.17) is 9.52 Å². The molecule has 2 aromatic rings. The van der Waals surface area contributed by atoms with Gasteiger partial charge in [0.05, 0.1) is 5.69 Å². The lowest BCUT2D eigenvalue weighted by atomic mass is 10.1. The molecule has 1 unspecified atom stereocenters. The second kappa shape index (κ2) is 9.24. The molecule has 0 amide bonds. The van der Waals surface area contributed by atoms with Crippen LogP contribution in [0.15, 0.2) is 45.9 Å². The van der Waals surface area contributed by atoms with E-state index in [0.717, 1.165) is 49.7 Å². The maximum atomic E-state index is 5.93. The number of nitrogens with zero attached hydrogens (tertiary/aromatic N) is 3. The van der Waals surface area contributed by atoms with E-state index in [2.05, 4.69) is 61.0 Å². The van der Waals surface area contributed by atoms with Gasteiger partial charge in [0.2, 0.25) is 0 Å². The highest BCUT2D eigenvalue weighted by molar-refractivity contribution is 5.89. The molecule has 0 radical (unpaired) electrons. The van der Waals surface area contributed by atoms with Crippen molar-refractivity contribution in [3.8, 4) is 0 Å². The van der Waals surface area contributed by atoms with Crippen LogP contribution >= 0.6 is 12.4 Å². The van der Waals surface area contributed by atoms with Crippen molar-refractivity contribution < 1.29 is 4.42 Å². The molecule has 4 nitrogen and oxygen atoms in total. The molecule has 0 fully saturated rings. The maximum absolute atomic E-state index is 5.93. The lowest BCUT2D eigenvalue weighted by molar-refractivity contribution is 0.313. The summed E-state index contributed by atoms with van der Waals surface area (Å²) in [6.45, 7) is 11.8. The Morgan fingerprint density at radius 1 is 1.08 bits per heavy atom. The molecule has 5 heteroatoms. The van der Waals surface area contributed by atoms with Crippen molar-refractivity contribution in [1.29, 1.82) is 0 Å². The SMILES string of the molecule is CCN(CC)CCC1=NN(c2ccc(C)cc2)C(c2ccc(C)o2)C1.Cl. The third-order valence-electron chi connectivity index (χ3n) is 4.97. The highest BCUT2D eigenvalue weighted by Gasteiger charge is 2.31. The molecule has 1 aromatic heterocycles. The second-order valence-corrected chi connectivity index (χ2v) is 6.79. The summed E-state index contributed by atoms with van der Waals surface area (Å²) in [5, 5.41) is 7.09. The van der Waals surface area contributed by atoms with Gasteiger partial charge in [0.1, 0.15) is 17.6 Å².